The third-order valence-corrected chi connectivity index (χ3v) is 3.48. The van der Waals surface area contributed by atoms with E-state index in [0.29, 0.717) is 17.9 Å². The van der Waals surface area contributed by atoms with Crippen LogP contribution in [-0.4, -0.2) is 29.0 Å². The van der Waals surface area contributed by atoms with Gasteiger partial charge in [-0.3, -0.25) is 9.48 Å². The number of nitrogens with one attached hydrogen (secondary N) is 1. The normalized spacial score (nSPS) is 13.2. The van der Waals surface area contributed by atoms with Gasteiger partial charge in [0.2, 0.25) is 6.79 Å². The van der Waals surface area contributed by atoms with Gasteiger partial charge in [-0.25, -0.2) is 0 Å². The van der Waals surface area contributed by atoms with Crippen LogP contribution in [0.15, 0.2) is 24.4 Å². The number of hydrogen-bond acceptors (Lipinski definition) is 4. The summed E-state index contributed by atoms with van der Waals surface area (Å²) in [7, 11) is 1.33. The molecule has 9 heteroatoms. The molecule has 6 nitrogen and oxygen atoms in total. The monoisotopic (exact) mass is 341 g/mol. The molecule has 128 valence electrons. The highest BCUT2D eigenvalue weighted by Gasteiger charge is 2.38. The number of halogens is 3. The number of ether oxygens (including phenoxy) is 2. The van der Waals surface area contributed by atoms with Crippen LogP contribution in [0.2, 0.25) is 0 Å². The van der Waals surface area contributed by atoms with Gasteiger partial charge in [-0.15, -0.1) is 0 Å². The van der Waals surface area contributed by atoms with Crippen molar-refractivity contribution in [2.45, 2.75) is 12.6 Å². The Bertz CT molecular complexity index is 771. The molecular formula is C15H14F3N3O3. The molecule has 1 aromatic heterocycles. The molecule has 0 radical (unpaired) electrons. The summed E-state index contributed by atoms with van der Waals surface area (Å²) in [5.74, 6) is 0.453. The van der Waals surface area contributed by atoms with Crippen LogP contribution in [0.1, 0.15) is 21.6 Å². The number of carbonyl (C=O) groups excluding carboxylic acids is 1. The Morgan fingerprint density at radius 3 is 2.83 bits per heavy atom. The van der Waals surface area contributed by atoms with E-state index in [4.69, 9.17) is 9.47 Å². The maximum absolute atomic E-state index is 12.9. The SMILES string of the molecule is Cn1cc(C(=O)NCCc2ccc3c(c2)OCO3)c(C(F)(F)F)n1. The molecule has 0 spiro atoms. The first-order valence-corrected chi connectivity index (χ1v) is 7.12. The Balaban J connectivity index is 1.62. The van der Waals surface area contributed by atoms with Gasteiger partial charge in [-0.05, 0) is 24.1 Å². The van der Waals surface area contributed by atoms with Gasteiger partial charge in [0, 0.05) is 19.8 Å². The van der Waals surface area contributed by atoms with Gasteiger partial charge < -0.3 is 14.8 Å². The Morgan fingerprint density at radius 2 is 2.08 bits per heavy atom. The Kier molecular flexibility index (Phi) is 4.08. The molecule has 0 fully saturated rings. The molecule has 0 atom stereocenters. The Morgan fingerprint density at radius 1 is 1.33 bits per heavy atom. The second-order valence-electron chi connectivity index (χ2n) is 5.26. The van der Waals surface area contributed by atoms with Gasteiger partial charge in [-0.1, -0.05) is 6.07 Å². The smallest absolute Gasteiger partial charge is 0.435 e. The van der Waals surface area contributed by atoms with Crippen LogP contribution in [0.25, 0.3) is 0 Å². The molecule has 1 aliphatic rings. The maximum Gasteiger partial charge on any atom is 0.435 e. The van der Waals surface area contributed by atoms with Crippen molar-refractivity contribution in [3.8, 4) is 11.5 Å². The molecule has 0 saturated carbocycles. The van der Waals surface area contributed by atoms with Crippen LogP contribution in [0.3, 0.4) is 0 Å². The summed E-state index contributed by atoms with van der Waals surface area (Å²) in [5, 5.41) is 5.79. The molecule has 1 aromatic carbocycles. The van der Waals surface area contributed by atoms with Crippen molar-refractivity contribution in [2.24, 2.45) is 7.05 Å². The van der Waals surface area contributed by atoms with Gasteiger partial charge in [-0.2, -0.15) is 18.3 Å². The predicted molar refractivity (Wildman–Crippen MR) is 76.8 cm³/mol. The van der Waals surface area contributed by atoms with Crippen molar-refractivity contribution in [1.29, 1.82) is 0 Å². The van der Waals surface area contributed by atoms with Crippen LogP contribution in [0.4, 0.5) is 13.2 Å². The van der Waals surface area contributed by atoms with E-state index >= 15 is 0 Å². The number of hydrogen-bond donors (Lipinski definition) is 1. The van der Waals surface area contributed by atoms with E-state index in [0.717, 1.165) is 16.4 Å². The topological polar surface area (TPSA) is 65.4 Å². The lowest BCUT2D eigenvalue weighted by molar-refractivity contribution is -0.141. The number of alkyl halides is 3. The molecule has 0 saturated heterocycles. The fourth-order valence-electron chi connectivity index (χ4n) is 2.38. The van der Waals surface area contributed by atoms with E-state index in [1.54, 1.807) is 12.1 Å². The minimum atomic E-state index is -4.68. The van der Waals surface area contributed by atoms with Gasteiger partial charge in [0.15, 0.2) is 17.2 Å². The summed E-state index contributed by atoms with van der Waals surface area (Å²) in [6.07, 6.45) is -3.17. The zero-order chi connectivity index (χ0) is 17.3. The van der Waals surface area contributed by atoms with Crippen molar-refractivity contribution >= 4 is 5.91 Å². The van der Waals surface area contributed by atoms with E-state index in [9.17, 15) is 18.0 Å². The van der Waals surface area contributed by atoms with E-state index in [2.05, 4.69) is 10.4 Å². The van der Waals surface area contributed by atoms with Crippen LogP contribution in [0, 0.1) is 0 Å². The summed E-state index contributed by atoms with van der Waals surface area (Å²) < 4.78 is 50.0. The molecule has 1 aliphatic heterocycles. The number of benzene rings is 1. The van der Waals surface area contributed by atoms with Gasteiger partial charge in [0.25, 0.3) is 5.91 Å². The summed E-state index contributed by atoms with van der Waals surface area (Å²) >= 11 is 0. The molecule has 24 heavy (non-hydrogen) atoms. The highest BCUT2D eigenvalue weighted by molar-refractivity contribution is 5.95. The van der Waals surface area contributed by atoms with E-state index in [1.165, 1.54) is 7.05 Å². The first-order chi connectivity index (χ1) is 11.3. The second kappa shape index (κ2) is 6.06. The van der Waals surface area contributed by atoms with Gasteiger partial charge in [0.1, 0.15) is 0 Å². The number of amides is 1. The number of aryl methyl sites for hydroxylation is 1. The molecule has 3 rings (SSSR count). The van der Waals surface area contributed by atoms with Crippen molar-refractivity contribution in [2.75, 3.05) is 13.3 Å². The van der Waals surface area contributed by atoms with E-state index < -0.39 is 23.3 Å². The molecule has 1 N–H and O–H groups in total. The molecule has 2 heterocycles. The van der Waals surface area contributed by atoms with Crippen molar-refractivity contribution in [3.63, 3.8) is 0 Å². The van der Waals surface area contributed by atoms with Crippen LogP contribution in [0.5, 0.6) is 11.5 Å². The van der Waals surface area contributed by atoms with Crippen molar-refractivity contribution in [1.82, 2.24) is 15.1 Å². The zero-order valence-electron chi connectivity index (χ0n) is 12.7. The highest BCUT2D eigenvalue weighted by Crippen LogP contribution is 2.32. The largest absolute Gasteiger partial charge is 0.454 e. The van der Waals surface area contributed by atoms with E-state index in [-0.39, 0.29) is 13.3 Å². The first-order valence-electron chi connectivity index (χ1n) is 7.12. The summed E-state index contributed by atoms with van der Waals surface area (Å²) in [4.78, 5) is 12.0. The molecular weight excluding hydrogens is 327 g/mol. The first kappa shape index (κ1) is 16.2. The third kappa shape index (κ3) is 3.29. The highest BCUT2D eigenvalue weighted by atomic mass is 19.4. The quantitative estimate of drug-likeness (QED) is 0.925. The predicted octanol–water partition coefficient (Wildman–Crippen LogP) is 2.14. The number of fused-ring (bicyclic) bond motifs is 1. The fraction of sp³-hybridized carbons (Fsp3) is 0.333. The number of carbonyl (C=O) groups is 1. The molecule has 1 amide bonds. The lowest BCUT2D eigenvalue weighted by atomic mass is 10.1. The number of aromatic nitrogens is 2. The van der Waals surface area contributed by atoms with Crippen LogP contribution in [-0.2, 0) is 19.6 Å². The minimum Gasteiger partial charge on any atom is -0.454 e. The molecule has 0 unspecified atom stereocenters. The lowest BCUT2D eigenvalue weighted by Crippen LogP contribution is -2.27. The van der Waals surface area contributed by atoms with Gasteiger partial charge >= 0.3 is 6.18 Å². The van der Waals surface area contributed by atoms with Crippen molar-refractivity contribution in [3.05, 3.63) is 41.2 Å². The average molecular weight is 341 g/mol. The summed E-state index contributed by atoms with van der Waals surface area (Å²) in [6.45, 7) is 0.349. The van der Waals surface area contributed by atoms with E-state index in [1.807, 2.05) is 6.07 Å². The Labute approximate surface area is 135 Å². The second-order valence-corrected chi connectivity index (χ2v) is 5.26. The molecule has 0 bridgehead atoms. The van der Waals surface area contributed by atoms with Crippen LogP contribution >= 0.6 is 0 Å². The lowest BCUT2D eigenvalue weighted by Gasteiger charge is -2.08. The minimum absolute atomic E-state index is 0.163. The number of rotatable bonds is 4. The van der Waals surface area contributed by atoms with Gasteiger partial charge in [0.05, 0.1) is 5.56 Å². The molecule has 2 aromatic rings. The summed E-state index contributed by atoms with van der Waals surface area (Å²) in [5.41, 5.74) is -0.803. The summed E-state index contributed by atoms with van der Waals surface area (Å²) in [6, 6.07) is 5.34. The third-order valence-electron chi connectivity index (χ3n) is 3.48. The fourth-order valence-corrected chi connectivity index (χ4v) is 2.38. The maximum atomic E-state index is 12.9. The average Bonchev–Trinajstić information content (AvgIpc) is 3.12. The number of nitrogens with zero attached hydrogens (tertiary/aromatic N) is 2. The molecule has 0 aliphatic carbocycles. The van der Waals surface area contributed by atoms with Crippen LogP contribution < -0.4 is 14.8 Å². The standard InChI is InChI=1S/C15H14F3N3O3/c1-21-7-10(13(20-21)15(16,17)18)14(22)19-5-4-9-2-3-11-12(6-9)24-8-23-11/h2-3,6-7H,4-5,8H2,1H3,(H,19,22). The Hall–Kier alpha value is -2.71. The zero-order valence-corrected chi connectivity index (χ0v) is 12.7. The van der Waals surface area contributed by atoms with Crippen molar-refractivity contribution < 1.29 is 27.4 Å².